The lowest BCUT2D eigenvalue weighted by Gasteiger charge is -2.21. The highest BCUT2D eigenvalue weighted by atomic mass is 16.3. The van der Waals surface area contributed by atoms with Crippen molar-refractivity contribution in [2.24, 2.45) is 29.1 Å². The normalized spacial score (nSPS) is 49.7. The van der Waals surface area contributed by atoms with Crippen LogP contribution < -0.4 is 0 Å². The van der Waals surface area contributed by atoms with Gasteiger partial charge in [0.05, 0.1) is 6.10 Å². The highest BCUT2D eigenvalue weighted by Crippen LogP contribution is 2.69. The van der Waals surface area contributed by atoms with E-state index >= 15 is 0 Å². The third kappa shape index (κ3) is 1.21. The van der Waals surface area contributed by atoms with Crippen LogP contribution >= 0.6 is 0 Å². The maximum atomic E-state index is 10.1. The van der Waals surface area contributed by atoms with Crippen molar-refractivity contribution in [3.8, 4) is 0 Å². The fraction of sp³-hybridized carbons (Fsp3) is 0.867. The maximum Gasteiger partial charge on any atom is 0.0608 e. The SMILES string of the molecule is CC1=C2C[C@@H](O)[C@H](C)[C@@H]2[C@@H]2[C@H](CC1)C2(C)C. The minimum Gasteiger partial charge on any atom is -0.392 e. The van der Waals surface area contributed by atoms with Gasteiger partial charge in [0.2, 0.25) is 0 Å². The molecule has 0 aromatic heterocycles. The van der Waals surface area contributed by atoms with Crippen LogP contribution in [0.5, 0.6) is 0 Å². The average molecular weight is 220 g/mol. The van der Waals surface area contributed by atoms with E-state index in [-0.39, 0.29) is 6.10 Å². The molecular formula is C15H24O. The fourth-order valence-electron chi connectivity index (χ4n) is 4.69. The first-order valence-electron chi connectivity index (χ1n) is 6.81. The lowest BCUT2D eigenvalue weighted by atomic mass is 9.84. The van der Waals surface area contributed by atoms with Gasteiger partial charge in [0.25, 0.3) is 0 Å². The molecule has 0 bridgehead atoms. The molecule has 0 radical (unpaired) electrons. The Morgan fingerprint density at radius 2 is 2.00 bits per heavy atom. The van der Waals surface area contributed by atoms with Gasteiger partial charge in [-0.15, -0.1) is 0 Å². The summed E-state index contributed by atoms with van der Waals surface area (Å²) in [6.45, 7) is 9.41. The monoisotopic (exact) mass is 220 g/mol. The van der Waals surface area contributed by atoms with Crippen LogP contribution in [-0.2, 0) is 0 Å². The Morgan fingerprint density at radius 1 is 1.31 bits per heavy atom. The summed E-state index contributed by atoms with van der Waals surface area (Å²) in [6.07, 6.45) is 3.53. The molecule has 0 amide bonds. The minimum atomic E-state index is -0.0786. The Kier molecular flexibility index (Phi) is 2.12. The molecule has 1 heteroatoms. The van der Waals surface area contributed by atoms with Crippen molar-refractivity contribution >= 4 is 0 Å². The van der Waals surface area contributed by atoms with Crippen molar-refractivity contribution in [2.45, 2.75) is 53.1 Å². The maximum absolute atomic E-state index is 10.1. The number of hydrogen-bond acceptors (Lipinski definition) is 1. The van der Waals surface area contributed by atoms with Crippen LogP contribution in [-0.4, -0.2) is 11.2 Å². The first-order valence-corrected chi connectivity index (χ1v) is 6.81. The van der Waals surface area contributed by atoms with Gasteiger partial charge in [0, 0.05) is 0 Å². The van der Waals surface area contributed by atoms with Gasteiger partial charge in [-0.05, 0) is 55.3 Å². The lowest BCUT2D eigenvalue weighted by Crippen LogP contribution is -2.18. The molecule has 0 saturated heterocycles. The summed E-state index contributed by atoms with van der Waals surface area (Å²) in [6, 6.07) is 0. The molecule has 2 saturated carbocycles. The van der Waals surface area contributed by atoms with E-state index in [0.29, 0.717) is 17.3 Å². The van der Waals surface area contributed by atoms with Gasteiger partial charge in [-0.25, -0.2) is 0 Å². The molecular weight excluding hydrogens is 196 g/mol. The Hall–Kier alpha value is -0.300. The summed E-state index contributed by atoms with van der Waals surface area (Å²) < 4.78 is 0. The van der Waals surface area contributed by atoms with Crippen molar-refractivity contribution in [3.63, 3.8) is 0 Å². The second kappa shape index (κ2) is 3.13. The summed E-state index contributed by atoms with van der Waals surface area (Å²) in [5.74, 6) is 2.94. The van der Waals surface area contributed by atoms with Crippen LogP contribution in [0.2, 0.25) is 0 Å². The molecule has 0 aromatic rings. The number of aliphatic hydroxyl groups is 1. The smallest absolute Gasteiger partial charge is 0.0608 e. The van der Waals surface area contributed by atoms with Crippen LogP contribution in [0.25, 0.3) is 0 Å². The zero-order valence-corrected chi connectivity index (χ0v) is 11.0. The molecule has 1 N–H and O–H groups in total. The Bertz CT molecular complexity index is 352. The highest BCUT2D eigenvalue weighted by Gasteiger charge is 2.64. The van der Waals surface area contributed by atoms with Crippen LogP contribution in [0.4, 0.5) is 0 Å². The van der Waals surface area contributed by atoms with Gasteiger partial charge in [0.1, 0.15) is 0 Å². The molecule has 3 rings (SSSR count). The third-order valence-electron chi connectivity index (χ3n) is 5.91. The standard InChI is InChI=1S/C15H24O/c1-8-5-6-11-14(15(11,3)4)13-9(2)12(16)7-10(8)13/h9,11-14,16H,5-7H2,1-4H3/t9-,11-,12+,13-,14-/m0/s1. The van der Waals surface area contributed by atoms with E-state index in [1.165, 1.54) is 12.8 Å². The van der Waals surface area contributed by atoms with Gasteiger partial charge < -0.3 is 5.11 Å². The minimum absolute atomic E-state index is 0.0786. The zero-order valence-electron chi connectivity index (χ0n) is 11.0. The molecule has 16 heavy (non-hydrogen) atoms. The number of hydrogen-bond donors (Lipinski definition) is 1. The van der Waals surface area contributed by atoms with E-state index in [0.717, 1.165) is 18.3 Å². The first-order chi connectivity index (χ1) is 7.44. The third-order valence-corrected chi connectivity index (χ3v) is 5.91. The van der Waals surface area contributed by atoms with Crippen molar-refractivity contribution in [2.75, 3.05) is 0 Å². The molecule has 3 aliphatic carbocycles. The molecule has 1 nitrogen and oxygen atoms in total. The van der Waals surface area contributed by atoms with Gasteiger partial charge in [0.15, 0.2) is 0 Å². The van der Waals surface area contributed by atoms with Crippen molar-refractivity contribution in [1.29, 1.82) is 0 Å². The second-order valence-electron chi connectivity index (χ2n) is 6.95. The lowest BCUT2D eigenvalue weighted by molar-refractivity contribution is 0.120. The number of allylic oxidation sites excluding steroid dienone is 1. The van der Waals surface area contributed by atoms with Gasteiger partial charge in [-0.2, -0.15) is 0 Å². The fourth-order valence-corrected chi connectivity index (χ4v) is 4.69. The van der Waals surface area contributed by atoms with E-state index in [9.17, 15) is 5.11 Å². The van der Waals surface area contributed by atoms with E-state index in [1.54, 1.807) is 11.1 Å². The molecule has 0 unspecified atom stereocenters. The molecule has 2 fully saturated rings. The van der Waals surface area contributed by atoms with Gasteiger partial charge >= 0.3 is 0 Å². The van der Waals surface area contributed by atoms with Crippen LogP contribution in [0.1, 0.15) is 47.0 Å². The van der Waals surface area contributed by atoms with E-state index in [1.807, 2.05) is 0 Å². The summed E-state index contributed by atoms with van der Waals surface area (Å²) in [7, 11) is 0. The Labute approximate surface area is 98.9 Å². The quantitative estimate of drug-likeness (QED) is 0.620. The van der Waals surface area contributed by atoms with Gasteiger partial charge in [-0.1, -0.05) is 31.9 Å². The van der Waals surface area contributed by atoms with E-state index in [4.69, 9.17) is 0 Å². The highest BCUT2D eigenvalue weighted by molar-refractivity contribution is 5.30. The second-order valence-corrected chi connectivity index (χ2v) is 6.95. The van der Waals surface area contributed by atoms with E-state index in [2.05, 4.69) is 27.7 Å². The number of aliphatic hydroxyl groups excluding tert-OH is 1. The van der Waals surface area contributed by atoms with Gasteiger partial charge in [-0.3, -0.25) is 0 Å². The Morgan fingerprint density at radius 3 is 2.69 bits per heavy atom. The van der Waals surface area contributed by atoms with Crippen molar-refractivity contribution < 1.29 is 5.11 Å². The topological polar surface area (TPSA) is 20.2 Å². The number of fused-ring (bicyclic) bond motifs is 3. The summed E-state index contributed by atoms with van der Waals surface area (Å²) in [4.78, 5) is 0. The van der Waals surface area contributed by atoms with Crippen LogP contribution in [0, 0.1) is 29.1 Å². The predicted molar refractivity (Wildman–Crippen MR) is 66.0 cm³/mol. The molecule has 0 aromatic carbocycles. The van der Waals surface area contributed by atoms with Crippen LogP contribution in [0.3, 0.4) is 0 Å². The molecule has 0 heterocycles. The van der Waals surface area contributed by atoms with Crippen molar-refractivity contribution in [1.82, 2.24) is 0 Å². The summed E-state index contributed by atoms with van der Waals surface area (Å²) >= 11 is 0. The zero-order chi connectivity index (χ0) is 11.7. The molecule has 0 spiro atoms. The molecule has 90 valence electrons. The molecule has 3 aliphatic rings. The molecule has 5 atom stereocenters. The Balaban J connectivity index is 2.00. The number of rotatable bonds is 0. The summed E-state index contributed by atoms with van der Waals surface area (Å²) in [5.41, 5.74) is 3.75. The average Bonchev–Trinajstić information content (AvgIpc) is 2.68. The van der Waals surface area contributed by atoms with Crippen molar-refractivity contribution in [3.05, 3.63) is 11.1 Å². The predicted octanol–water partition coefficient (Wildman–Crippen LogP) is 3.39. The summed E-state index contributed by atoms with van der Waals surface area (Å²) in [5, 5.41) is 10.1. The largest absolute Gasteiger partial charge is 0.392 e. The first kappa shape index (κ1) is 10.8. The molecule has 0 aliphatic heterocycles. The van der Waals surface area contributed by atoms with E-state index < -0.39 is 0 Å². The van der Waals surface area contributed by atoms with Crippen LogP contribution in [0.15, 0.2) is 11.1 Å².